The molecular weight excluding hydrogens is 284 g/mol. The summed E-state index contributed by atoms with van der Waals surface area (Å²) in [5, 5.41) is 0. The van der Waals surface area contributed by atoms with Crippen molar-refractivity contribution in [3.8, 4) is 11.5 Å². The molecule has 1 aromatic carbocycles. The minimum Gasteiger partial charge on any atom is -0.493 e. The highest BCUT2D eigenvalue weighted by Gasteiger charge is 2.12. The fourth-order valence-corrected chi connectivity index (χ4v) is 1.95. The lowest BCUT2D eigenvalue weighted by Gasteiger charge is -2.15. The van der Waals surface area contributed by atoms with Crippen LogP contribution in [0.2, 0.25) is 0 Å². The summed E-state index contributed by atoms with van der Waals surface area (Å²) in [5.41, 5.74) is 0.911. The van der Waals surface area contributed by atoms with Crippen LogP contribution in [0.5, 0.6) is 11.5 Å². The molecule has 4 heteroatoms. The van der Waals surface area contributed by atoms with Crippen molar-refractivity contribution >= 4 is 21.7 Å². The molecule has 0 aliphatic rings. The first-order valence-corrected chi connectivity index (χ1v) is 6.25. The van der Waals surface area contributed by atoms with Gasteiger partial charge in [0.1, 0.15) is 5.78 Å². The van der Waals surface area contributed by atoms with Gasteiger partial charge in [-0.2, -0.15) is 0 Å². The SMILES string of the molecule is COc1cc(Br)c(CC(C)=O)cc1OC(C)C. The van der Waals surface area contributed by atoms with E-state index in [4.69, 9.17) is 9.47 Å². The Morgan fingerprint density at radius 2 is 2.00 bits per heavy atom. The Kier molecular flexibility index (Phi) is 5.00. The first kappa shape index (κ1) is 14.0. The Morgan fingerprint density at radius 1 is 1.35 bits per heavy atom. The molecule has 0 fully saturated rings. The topological polar surface area (TPSA) is 35.5 Å². The fraction of sp³-hybridized carbons (Fsp3) is 0.462. The van der Waals surface area contributed by atoms with Crippen molar-refractivity contribution < 1.29 is 14.3 Å². The van der Waals surface area contributed by atoms with Crippen molar-refractivity contribution in [3.05, 3.63) is 22.2 Å². The maximum atomic E-state index is 11.2. The molecule has 1 aromatic rings. The van der Waals surface area contributed by atoms with Crippen molar-refractivity contribution in [2.24, 2.45) is 0 Å². The summed E-state index contributed by atoms with van der Waals surface area (Å²) < 4.78 is 11.8. The number of rotatable bonds is 5. The number of halogens is 1. The average Bonchev–Trinajstić information content (AvgIpc) is 2.21. The molecule has 0 unspecified atom stereocenters. The summed E-state index contributed by atoms with van der Waals surface area (Å²) in [7, 11) is 1.60. The van der Waals surface area contributed by atoms with E-state index in [9.17, 15) is 4.79 Å². The molecule has 0 saturated heterocycles. The average molecular weight is 301 g/mol. The van der Waals surface area contributed by atoms with Crippen LogP contribution >= 0.6 is 15.9 Å². The van der Waals surface area contributed by atoms with Gasteiger partial charge in [0.25, 0.3) is 0 Å². The first-order valence-electron chi connectivity index (χ1n) is 5.46. The Hall–Kier alpha value is -1.03. The Bertz CT molecular complexity index is 413. The number of ketones is 1. The molecule has 0 aliphatic carbocycles. The largest absolute Gasteiger partial charge is 0.493 e. The molecule has 0 spiro atoms. The van der Waals surface area contributed by atoms with Crippen LogP contribution in [0.15, 0.2) is 16.6 Å². The molecule has 0 atom stereocenters. The maximum Gasteiger partial charge on any atom is 0.161 e. The van der Waals surface area contributed by atoms with Gasteiger partial charge in [0, 0.05) is 10.9 Å². The van der Waals surface area contributed by atoms with Crippen LogP contribution in [0, 0.1) is 0 Å². The number of carbonyl (C=O) groups is 1. The van der Waals surface area contributed by atoms with E-state index in [1.54, 1.807) is 14.0 Å². The minimum absolute atomic E-state index is 0.0650. The summed E-state index contributed by atoms with van der Waals surface area (Å²) in [5.74, 6) is 1.45. The van der Waals surface area contributed by atoms with E-state index in [-0.39, 0.29) is 11.9 Å². The number of hydrogen-bond acceptors (Lipinski definition) is 3. The molecule has 0 bridgehead atoms. The van der Waals surface area contributed by atoms with Gasteiger partial charge in [0.2, 0.25) is 0 Å². The molecule has 17 heavy (non-hydrogen) atoms. The highest BCUT2D eigenvalue weighted by molar-refractivity contribution is 9.10. The molecule has 0 saturated carbocycles. The standard InChI is InChI=1S/C13H17BrO3/c1-8(2)17-13-6-10(5-9(3)15)11(14)7-12(13)16-4/h6-8H,5H2,1-4H3. The van der Waals surface area contributed by atoms with Crippen LogP contribution in [0.3, 0.4) is 0 Å². The Morgan fingerprint density at radius 3 is 2.47 bits per heavy atom. The lowest BCUT2D eigenvalue weighted by atomic mass is 10.1. The third kappa shape index (κ3) is 4.04. The number of benzene rings is 1. The minimum atomic E-state index is 0.0650. The van der Waals surface area contributed by atoms with Crippen LogP contribution in [0.25, 0.3) is 0 Å². The summed E-state index contributed by atoms with van der Waals surface area (Å²) in [6.07, 6.45) is 0.453. The molecule has 3 nitrogen and oxygen atoms in total. The summed E-state index contributed by atoms with van der Waals surface area (Å²) in [6.45, 7) is 5.47. The molecule has 0 aliphatic heterocycles. The monoisotopic (exact) mass is 300 g/mol. The highest BCUT2D eigenvalue weighted by atomic mass is 79.9. The van der Waals surface area contributed by atoms with Crippen molar-refractivity contribution in [3.63, 3.8) is 0 Å². The first-order chi connectivity index (χ1) is 7.93. The fourth-order valence-electron chi connectivity index (χ4n) is 1.49. The van der Waals surface area contributed by atoms with E-state index in [1.807, 2.05) is 26.0 Å². The van der Waals surface area contributed by atoms with E-state index < -0.39 is 0 Å². The van der Waals surface area contributed by atoms with Gasteiger partial charge in [-0.3, -0.25) is 4.79 Å². The predicted molar refractivity (Wildman–Crippen MR) is 70.8 cm³/mol. The van der Waals surface area contributed by atoms with Gasteiger partial charge < -0.3 is 9.47 Å². The van der Waals surface area contributed by atoms with Gasteiger partial charge in [-0.25, -0.2) is 0 Å². The van der Waals surface area contributed by atoms with Crippen LogP contribution < -0.4 is 9.47 Å². The molecule has 0 N–H and O–H groups in total. The number of hydrogen-bond donors (Lipinski definition) is 0. The highest BCUT2D eigenvalue weighted by Crippen LogP contribution is 2.34. The Labute approximate surface area is 110 Å². The van der Waals surface area contributed by atoms with Gasteiger partial charge in [-0.05, 0) is 38.5 Å². The van der Waals surface area contributed by atoms with Gasteiger partial charge in [-0.1, -0.05) is 15.9 Å². The quantitative estimate of drug-likeness (QED) is 0.836. The summed E-state index contributed by atoms with van der Waals surface area (Å²) in [4.78, 5) is 11.2. The number of methoxy groups -OCH3 is 1. The van der Waals surface area contributed by atoms with Crippen molar-refractivity contribution in [2.45, 2.75) is 33.3 Å². The number of ether oxygens (including phenoxy) is 2. The molecule has 0 radical (unpaired) electrons. The lowest BCUT2D eigenvalue weighted by molar-refractivity contribution is -0.116. The van der Waals surface area contributed by atoms with Gasteiger partial charge >= 0.3 is 0 Å². The van der Waals surface area contributed by atoms with Gasteiger partial charge in [0.05, 0.1) is 13.2 Å². The second-order valence-electron chi connectivity index (χ2n) is 4.14. The zero-order valence-electron chi connectivity index (χ0n) is 10.5. The second-order valence-corrected chi connectivity index (χ2v) is 4.99. The molecule has 94 valence electrons. The lowest BCUT2D eigenvalue weighted by Crippen LogP contribution is -2.08. The van der Waals surface area contributed by atoms with Crippen LogP contribution in [-0.2, 0) is 11.2 Å². The smallest absolute Gasteiger partial charge is 0.161 e. The van der Waals surface area contributed by atoms with E-state index in [2.05, 4.69) is 15.9 Å². The van der Waals surface area contributed by atoms with Crippen molar-refractivity contribution in [1.82, 2.24) is 0 Å². The molecule has 0 aromatic heterocycles. The van der Waals surface area contributed by atoms with Crippen molar-refractivity contribution in [2.75, 3.05) is 7.11 Å². The predicted octanol–water partition coefficient (Wildman–Crippen LogP) is 3.38. The van der Waals surface area contributed by atoms with E-state index in [0.717, 1.165) is 10.0 Å². The summed E-state index contributed by atoms with van der Waals surface area (Å²) in [6, 6.07) is 3.68. The maximum absolute atomic E-state index is 11.2. The van der Waals surface area contributed by atoms with E-state index in [1.165, 1.54) is 0 Å². The zero-order chi connectivity index (χ0) is 13.0. The third-order valence-corrected chi connectivity index (χ3v) is 2.87. The van der Waals surface area contributed by atoms with Gasteiger partial charge in [0.15, 0.2) is 11.5 Å². The molecule has 1 rings (SSSR count). The third-order valence-electron chi connectivity index (χ3n) is 2.13. The number of Topliss-reactive ketones (excluding diaryl/α,β-unsaturated/α-hetero) is 1. The molecule has 0 amide bonds. The van der Waals surface area contributed by atoms with Crippen LogP contribution in [0.1, 0.15) is 26.3 Å². The summed E-state index contributed by atoms with van der Waals surface area (Å²) >= 11 is 3.43. The molecular formula is C13H17BrO3. The normalized spacial score (nSPS) is 10.5. The zero-order valence-corrected chi connectivity index (χ0v) is 12.1. The van der Waals surface area contributed by atoms with Gasteiger partial charge in [-0.15, -0.1) is 0 Å². The van der Waals surface area contributed by atoms with E-state index in [0.29, 0.717) is 17.9 Å². The molecule has 0 heterocycles. The Balaban J connectivity index is 3.12. The second kappa shape index (κ2) is 6.05. The van der Waals surface area contributed by atoms with E-state index >= 15 is 0 Å². The van der Waals surface area contributed by atoms with Crippen LogP contribution in [-0.4, -0.2) is 19.0 Å². The van der Waals surface area contributed by atoms with Crippen LogP contribution in [0.4, 0.5) is 0 Å². The van der Waals surface area contributed by atoms with Crippen molar-refractivity contribution in [1.29, 1.82) is 0 Å². The number of carbonyl (C=O) groups excluding carboxylic acids is 1.